The molecule has 0 saturated carbocycles. The first kappa shape index (κ1) is 15.0. The summed E-state index contributed by atoms with van der Waals surface area (Å²) in [5.74, 6) is -0.623. The number of ether oxygens (including phenoxy) is 1. The van der Waals surface area contributed by atoms with Crippen molar-refractivity contribution in [2.24, 2.45) is 0 Å². The van der Waals surface area contributed by atoms with Crippen LogP contribution in [0.3, 0.4) is 0 Å². The maximum absolute atomic E-state index is 14.1. The fraction of sp³-hybridized carbons (Fsp3) is 0.312. The largest absolute Gasteiger partial charge is 0.380 e. The molecular weight excluding hydrogens is 303 g/mol. The molecule has 22 heavy (non-hydrogen) atoms. The summed E-state index contributed by atoms with van der Waals surface area (Å²) >= 11 is 1.45. The van der Waals surface area contributed by atoms with Gasteiger partial charge in [-0.3, -0.25) is 4.79 Å². The van der Waals surface area contributed by atoms with Gasteiger partial charge in [0.05, 0.1) is 17.4 Å². The van der Waals surface area contributed by atoms with Crippen LogP contribution in [0.1, 0.15) is 23.2 Å². The third kappa shape index (κ3) is 3.64. The summed E-state index contributed by atoms with van der Waals surface area (Å²) in [6.07, 6.45) is 2.21. The molecule has 0 bridgehead atoms. The van der Waals surface area contributed by atoms with Crippen LogP contribution in [0.15, 0.2) is 35.0 Å². The highest BCUT2D eigenvalue weighted by Gasteiger charge is 2.16. The summed E-state index contributed by atoms with van der Waals surface area (Å²) in [5.41, 5.74) is 1.44. The van der Waals surface area contributed by atoms with Crippen LogP contribution in [0.25, 0.3) is 0 Å². The number of rotatable bonds is 5. The molecular formula is C16H17FN2O2S. The van der Waals surface area contributed by atoms with Crippen LogP contribution >= 0.6 is 11.3 Å². The standard InChI is InChI=1S/C16H17FN2O2S/c17-14-8-12(19-16(20)11-5-7-22-10-11)3-4-15(14)18-9-13-2-1-6-21-13/h3-5,7-8,10,13,18H,1-2,6,9H2,(H,19,20)/t13-/m1/s1. The van der Waals surface area contributed by atoms with Crippen molar-refractivity contribution in [3.63, 3.8) is 0 Å². The van der Waals surface area contributed by atoms with Crippen LogP contribution in [-0.2, 0) is 4.74 Å². The number of nitrogens with one attached hydrogen (secondary N) is 2. The highest BCUT2D eigenvalue weighted by atomic mass is 32.1. The van der Waals surface area contributed by atoms with Gasteiger partial charge >= 0.3 is 0 Å². The van der Waals surface area contributed by atoms with E-state index in [4.69, 9.17) is 4.74 Å². The van der Waals surface area contributed by atoms with E-state index in [2.05, 4.69) is 10.6 Å². The van der Waals surface area contributed by atoms with Crippen LogP contribution in [0.4, 0.5) is 15.8 Å². The van der Waals surface area contributed by atoms with Crippen molar-refractivity contribution in [1.82, 2.24) is 0 Å². The fourth-order valence-electron chi connectivity index (χ4n) is 2.36. The van der Waals surface area contributed by atoms with Gasteiger partial charge in [0.1, 0.15) is 5.82 Å². The molecule has 2 N–H and O–H groups in total. The summed E-state index contributed by atoms with van der Waals surface area (Å²) in [6.45, 7) is 1.37. The van der Waals surface area contributed by atoms with Gasteiger partial charge in [0, 0.05) is 24.2 Å². The second-order valence-electron chi connectivity index (χ2n) is 5.18. The molecule has 1 saturated heterocycles. The number of thiophene rings is 1. The summed E-state index contributed by atoms with van der Waals surface area (Å²) in [6, 6.07) is 6.37. The molecule has 1 amide bonds. The number of carbonyl (C=O) groups is 1. The summed E-state index contributed by atoms with van der Waals surface area (Å²) in [7, 11) is 0. The van der Waals surface area contributed by atoms with E-state index >= 15 is 0 Å². The topological polar surface area (TPSA) is 50.4 Å². The van der Waals surface area contributed by atoms with Gasteiger partial charge in [0.15, 0.2) is 0 Å². The minimum absolute atomic E-state index is 0.150. The minimum atomic E-state index is -0.388. The molecule has 4 nitrogen and oxygen atoms in total. The Hall–Kier alpha value is -1.92. The number of benzene rings is 1. The number of halogens is 1. The molecule has 1 fully saturated rings. The van der Waals surface area contributed by atoms with E-state index < -0.39 is 0 Å². The van der Waals surface area contributed by atoms with Gasteiger partial charge in [-0.05, 0) is 42.5 Å². The van der Waals surface area contributed by atoms with Crippen LogP contribution < -0.4 is 10.6 Å². The molecule has 116 valence electrons. The number of carbonyl (C=O) groups excluding carboxylic acids is 1. The van der Waals surface area contributed by atoms with Crippen molar-refractivity contribution in [3.05, 3.63) is 46.4 Å². The highest BCUT2D eigenvalue weighted by molar-refractivity contribution is 7.08. The lowest BCUT2D eigenvalue weighted by Gasteiger charge is -2.13. The van der Waals surface area contributed by atoms with Crippen molar-refractivity contribution in [3.8, 4) is 0 Å². The van der Waals surface area contributed by atoms with E-state index in [1.807, 2.05) is 5.38 Å². The molecule has 1 aliphatic heterocycles. The van der Waals surface area contributed by atoms with Gasteiger partial charge in [0.25, 0.3) is 5.91 Å². The first-order chi connectivity index (χ1) is 10.7. The van der Waals surface area contributed by atoms with E-state index in [1.165, 1.54) is 17.4 Å². The van der Waals surface area contributed by atoms with E-state index in [1.54, 1.807) is 23.6 Å². The van der Waals surface area contributed by atoms with Gasteiger partial charge in [-0.25, -0.2) is 4.39 Å². The Morgan fingerprint density at radius 3 is 3.00 bits per heavy atom. The van der Waals surface area contributed by atoms with Gasteiger partial charge < -0.3 is 15.4 Å². The van der Waals surface area contributed by atoms with E-state index in [0.29, 0.717) is 23.5 Å². The molecule has 1 aromatic heterocycles. The summed E-state index contributed by atoms with van der Waals surface area (Å²) in [4.78, 5) is 11.9. The third-order valence-electron chi connectivity index (χ3n) is 3.55. The van der Waals surface area contributed by atoms with E-state index in [9.17, 15) is 9.18 Å². The van der Waals surface area contributed by atoms with Crippen molar-refractivity contribution >= 4 is 28.6 Å². The third-order valence-corrected chi connectivity index (χ3v) is 4.24. The first-order valence-corrected chi connectivity index (χ1v) is 8.15. The Kier molecular flexibility index (Phi) is 4.70. The lowest BCUT2D eigenvalue weighted by Crippen LogP contribution is -2.19. The first-order valence-electron chi connectivity index (χ1n) is 7.21. The van der Waals surface area contributed by atoms with Gasteiger partial charge in [0.2, 0.25) is 0 Å². The maximum atomic E-state index is 14.1. The minimum Gasteiger partial charge on any atom is -0.380 e. The van der Waals surface area contributed by atoms with E-state index in [-0.39, 0.29) is 17.8 Å². The number of hydrogen-bond donors (Lipinski definition) is 2. The Morgan fingerprint density at radius 1 is 1.41 bits per heavy atom. The maximum Gasteiger partial charge on any atom is 0.256 e. The highest BCUT2D eigenvalue weighted by Crippen LogP contribution is 2.21. The molecule has 1 aliphatic rings. The zero-order chi connectivity index (χ0) is 15.4. The smallest absolute Gasteiger partial charge is 0.256 e. The van der Waals surface area contributed by atoms with Crippen LogP contribution in [-0.4, -0.2) is 25.2 Å². The van der Waals surface area contributed by atoms with Gasteiger partial charge in [-0.15, -0.1) is 0 Å². The predicted molar refractivity (Wildman–Crippen MR) is 86.1 cm³/mol. The fourth-order valence-corrected chi connectivity index (χ4v) is 3.00. The zero-order valence-electron chi connectivity index (χ0n) is 12.0. The van der Waals surface area contributed by atoms with Crippen LogP contribution in [0.5, 0.6) is 0 Å². The number of anilines is 2. The van der Waals surface area contributed by atoms with Crippen molar-refractivity contribution in [2.75, 3.05) is 23.8 Å². The predicted octanol–water partition coefficient (Wildman–Crippen LogP) is 3.73. The second kappa shape index (κ2) is 6.89. The number of hydrogen-bond acceptors (Lipinski definition) is 4. The normalized spacial score (nSPS) is 17.4. The van der Waals surface area contributed by atoms with Crippen molar-refractivity contribution < 1.29 is 13.9 Å². The molecule has 6 heteroatoms. The molecule has 0 aliphatic carbocycles. The molecule has 0 spiro atoms. The SMILES string of the molecule is O=C(Nc1ccc(NC[C@H]2CCCO2)c(F)c1)c1ccsc1. The molecule has 3 rings (SSSR count). The zero-order valence-corrected chi connectivity index (χ0v) is 12.8. The Bertz CT molecular complexity index is 640. The van der Waals surface area contributed by atoms with Gasteiger partial charge in [-0.1, -0.05) is 0 Å². The lowest BCUT2D eigenvalue weighted by molar-refractivity contribution is 0.102. The Balaban J connectivity index is 1.60. The Morgan fingerprint density at radius 2 is 2.32 bits per heavy atom. The average molecular weight is 320 g/mol. The molecule has 1 aromatic carbocycles. The molecule has 2 heterocycles. The summed E-state index contributed by atoms with van der Waals surface area (Å²) < 4.78 is 19.6. The molecule has 2 aromatic rings. The molecule has 0 radical (unpaired) electrons. The summed E-state index contributed by atoms with van der Waals surface area (Å²) in [5, 5.41) is 9.32. The van der Waals surface area contributed by atoms with Gasteiger partial charge in [-0.2, -0.15) is 11.3 Å². The second-order valence-corrected chi connectivity index (χ2v) is 5.96. The molecule has 1 atom stereocenters. The van der Waals surface area contributed by atoms with Crippen molar-refractivity contribution in [1.29, 1.82) is 0 Å². The molecule has 0 unspecified atom stereocenters. The monoisotopic (exact) mass is 320 g/mol. The number of amides is 1. The van der Waals surface area contributed by atoms with Crippen molar-refractivity contribution in [2.45, 2.75) is 18.9 Å². The average Bonchev–Trinajstić information content (AvgIpc) is 3.20. The van der Waals surface area contributed by atoms with Crippen LogP contribution in [0.2, 0.25) is 0 Å². The Labute approximate surface area is 132 Å². The van der Waals surface area contributed by atoms with Crippen LogP contribution in [0, 0.1) is 5.82 Å². The quantitative estimate of drug-likeness (QED) is 0.882. The van der Waals surface area contributed by atoms with E-state index in [0.717, 1.165) is 19.4 Å². The lowest BCUT2D eigenvalue weighted by atomic mass is 10.2.